The van der Waals surface area contributed by atoms with Crippen LogP contribution in [0.3, 0.4) is 0 Å². The Morgan fingerprint density at radius 2 is 1.84 bits per heavy atom. The van der Waals surface area contributed by atoms with Gasteiger partial charge >= 0.3 is 0 Å². The first-order chi connectivity index (χ1) is 9.33. The SMILES string of the molecule is O=C(CC1CCNCC1)N1CCCN2CCCC2C1. The van der Waals surface area contributed by atoms with E-state index in [4.69, 9.17) is 0 Å². The molecule has 0 radical (unpaired) electrons. The van der Waals surface area contributed by atoms with E-state index >= 15 is 0 Å². The van der Waals surface area contributed by atoms with E-state index in [-0.39, 0.29) is 0 Å². The fraction of sp³-hybridized carbons (Fsp3) is 0.933. The summed E-state index contributed by atoms with van der Waals surface area (Å²) >= 11 is 0. The van der Waals surface area contributed by atoms with Crippen molar-refractivity contribution in [2.45, 2.75) is 44.6 Å². The van der Waals surface area contributed by atoms with E-state index in [0.29, 0.717) is 17.9 Å². The predicted molar refractivity (Wildman–Crippen MR) is 76.0 cm³/mol. The molecule has 0 spiro atoms. The zero-order valence-electron chi connectivity index (χ0n) is 11.9. The Morgan fingerprint density at radius 1 is 1.05 bits per heavy atom. The molecule has 0 aromatic heterocycles. The normalized spacial score (nSPS) is 30.1. The number of nitrogens with zero attached hydrogens (tertiary/aromatic N) is 2. The third-order valence-electron chi connectivity index (χ3n) is 5.08. The Bertz CT molecular complexity index is 315. The Labute approximate surface area is 116 Å². The standard InChI is InChI=1S/C15H27N3O/c19-15(11-13-4-6-16-7-5-13)18-10-2-9-17-8-1-3-14(17)12-18/h13-14,16H,1-12H2. The lowest BCUT2D eigenvalue weighted by atomic mass is 9.94. The van der Waals surface area contributed by atoms with Crippen LogP contribution in [0.15, 0.2) is 0 Å². The van der Waals surface area contributed by atoms with Crippen LogP contribution in [-0.4, -0.2) is 61.0 Å². The summed E-state index contributed by atoms with van der Waals surface area (Å²) in [6.45, 7) is 6.60. The van der Waals surface area contributed by atoms with E-state index in [2.05, 4.69) is 15.1 Å². The van der Waals surface area contributed by atoms with Crippen molar-refractivity contribution >= 4 is 5.91 Å². The van der Waals surface area contributed by atoms with Crippen LogP contribution in [-0.2, 0) is 4.79 Å². The van der Waals surface area contributed by atoms with Gasteiger partial charge in [0.2, 0.25) is 5.91 Å². The van der Waals surface area contributed by atoms with E-state index in [9.17, 15) is 4.79 Å². The molecule has 4 heteroatoms. The number of fused-ring (bicyclic) bond motifs is 1. The molecular weight excluding hydrogens is 238 g/mol. The van der Waals surface area contributed by atoms with Gasteiger partial charge in [0.1, 0.15) is 0 Å². The molecular formula is C15H27N3O. The van der Waals surface area contributed by atoms with Gasteiger partial charge in [-0.15, -0.1) is 0 Å². The van der Waals surface area contributed by atoms with Crippen LogP contribution >= 0.6 is 0 Å². The van der Waals surface area contributed by atoms with Crippen molar-refractivity contribution in [2.75, 3.05) is 39.3 Å². The van der Waals surface area contributed by atoms with Crippen LogP contribution in [0.2, 0.25) is 0 Å². The first kappa shape index (κ1) is 13.4. The summed E-state index contributed by atoms with van der Waals surface area (Å²) in [5.74, 6) is 1.04. The summed E-state index contributed by atoms with van der Waals surface area (Å²) in [5, 5.41) is 3.38. The monoisotopic (exact) mass is 265 g/mol. The van der Waals surface area contributed by atoms with Crippen LogP contribution in [0.25, 0.3) is 0 Å². The number of rotatable bonds is 2. The molecule has 0 aromatic carbocycles. The highest BCUT2D eigenvalue weighted by Gasteiger charge is 2.31. The van der Waals surface area contributed by atoms with Gasteiger partial charge in [0.25, 0.3) is 0 Å². The lowest BCUT2D eigenvalue weighted by molar-refractivity contribution is -0.132. The van der Waals surface area contributed by atoms with Gasteiger partial charge in [-0.25, -0.2) is 0 Å². The average molecular weight is 265 g/mol. The first-order valence-electron chi connectivity index (χ1n) is 8.05. The zero-order valence-corrected chi connectivity index (χ0v) is 11.9. The quantitative estimate of drug-likeness (QED) is 0.811. The van der Waals surface area contributed by atoms with Gasteiger partial charge in [-0.1, -0.05) is 0 Å². The first-order valence-corrected chi connectivity index (χ1v) is 8.05. The van der Waals surface area contributed by atoms with Crippen LogP contribution in [0.1, 0.15) is 38.5 Å². The van der Waals surface area contributed by atoms with Crippen molar-refractivity contribution in [2.24, 2.45) is 5.92 Å². The van der Waals surface area contributed by atoms with Gasteiger partial charge in [-0.2, -0.15) is 0 Å². The molecule has 19 heavy (non-hydrogen) atoms. The van der Waals surface area contributed by atoms with E-state index in [0.717, 1.165) is 39.0 Å². The molecule has 1 N–H and O–H groups in total. The minimum Gasteiger partial charge on any atom is -0.341 e. The second kappa shape index (κ2) is 6.23. The van der Waals surface area contributed by atoms with Crippen molar-refractivity contribution in [3.63, 3.8) is 0 Å². The molecule has 1 unspecified atom stereocenters. The van der Waals surface area contributed by atoms with Gasteiger partial charge in [-0.3, -0.25) is 9.69 Å². The summed E-state index contributed by atoms with van der Waals surface area (Å²) in [5.41, 5.74) is 0. The number of carbonyl (C=O) groups excluding carboxylic acids is 1. The highest BCUT2D eigenvalue weighted by molar-refractivity contribution is 5.76. The average Bonchev–Trinajstić information content (AvgIpc) is 2.77. The molecule has 3 heterocycles. The molecule has 0 saturated carbocycles. The van der Waals surface area contributed by atoms with Gasteiger partial charge in [0.05, 0.1) is 0 Å². The van der Waals surface area contributed by atoms with Crippen molar-refractivity contribution < 1.29 is 4.79 Å². The maximum Gasteiger partial charge on any atom is 0.222 e. The van der Waals surface area contributed by atoms with Gasteiger partial charge in [0.15, 0.2) is 0 Å². The number of hydrogen-bond acceptors (Lipinski definition) is 3. The molecule has 3 fully saturated rings. The second-order valence-corrected chi connectivity index (χ2v) is 6.42. The Balaban J connectivity index is 1.53. The van der Waals surface area contributed by atoms with Crippen LogP contribution < -0.4 is 5.32 Å². The fourth-order valence-corrected chi connectivity index (χ4v) is 3.90. The van der Waals surface area contributed by atoms with E-state index in [1.54, 1.807) is 0 Å². The van der Waals surface area contributed by atoms with Gasteiger partial charge in [0, 0.05) is 32.1 Å². The number of hydrogen-bond donors (Lipinski definition) is 1. The number of amides is 1. The van der Waals surface area contributed by atoms with Crippen molar-refractivity contribution in [3.05, 3.63) is 0 Å². The number of carbonyl (C=O) groups is 1. The molecule has 4 nitrogen and oxygen atoms in total. The van der Waals surface area contributed by atoms with E-state index in [1.807, 2.05) is 0 Å². The molecule has 1 atom stereocenters. The van der Waals surface area contributed by atoms with E-state index < -0.39 is 0 Å². The third kappa shape index (κ3) is 3.29. The molecule has 108 valence electrons. The molecule has 0 aromatic rings. The van der Waals surface area contributed by atoms with Crippen LogP contribution in [0, 0.1) is 5.92 Å². The van der Waals surface area contributed by atoms with Crippen molar-refractivity contribution in [3.8, 4) is 0 Å². The Hall–Kier alpha value is -0.610. The summed E-state index contributed by atoms with van der Waals surface area (Å²) in [4.78, 5) is 17.3. The summed E-state index contributed by atoms with van der Waals surface area (Å²) in [6.07, 6.45) is 6.91. The highest BCUT2D eigenvalue weighted by atomic mass is 16.2. The molecule has 3 aliphatic rings. The molecule has 0 aliphatic carbocycles. The van der Waals surface area contributed by atoms with E-state index in [1.165, 1.54) is 38.8 Å². The zero-order chi connectivity index (χ0) is 13.1. The predicted octanol–water partition coefficient (Wildman–Crippen LogP) is 1.07. The minimum absolute atomic E-state index is 0.417. The molecule has 3 saturated heterocycles. The van der Waals surface area contributed by atoms with Crippen molar-refractivity contribution in [1.82, 2.24) is 15.1 Å². The lowest BCUT2D eigenvalue weighted by Crippen LogP contribution is -2.41. The minimum atomic E-state index is 0.417. The third-order valence-corrected chi connectivity index (χ3v) is 5.08. The summed E-state index contributed by atoms with van der Waals surface area (Å²) < 4.78 is 0. The van der Waals surface area contributed by atoms with Crippen molar-refractivity contribution in [1.29, 1.82) is 0 Å². The molecule has 0 bridgehead atoms. The second-order valence-electron chi connectivity index (χ2n) is 6.42. The summed E-state index contributed by atoms with van der Waals surface area (Å²) in [6, 6.07) is 0.652. The van der Waals surface area contributed by atoms with Gasteiger partial charge < -0.3 is 10.2 Å². The molecule has 3 rings (SSSR count). The smallest absolute Gasteiger partial charge is 0.222 e. The molecule has 1 amide bonds. The maximum absolute atomic E-state index is 12.5. The topological polar surface area (TPSA) is 35.6 Å². The maximum atomic E-state index is 12.5. The lowest BCUT2D eigenvalue weighted by Gasteiger charge is -2.28. The number of piperidine rings is 1. The largest absolute Gasteiger partial charge is 0.341 e. The fourth-order valence-electron chi connectivity index (χ4n) is 3.90. The highest BCUT2D eigenvalue weighted by Crippen LogP contribution is 2.23. The summed E-state index contributed by atoms with van der Waals surface area (Å²) in [7, 11) is 0. The van der Waals surface area contributed by atoms with Crippen LogP contribution in [0.5, 0.6) is 0 Å². The van der Waals surface area contributed by atoms with Crippen LogP contribution in [0.4, 0.5) is 0 Å². The molecule has 3 aliphatic heterocycles. The Kier molecular flexibility index (Phi) is 4.38. The number of nitrogens with one attached hydrogen (secondary N) is 1. The van der Waals surface area contributed by atoms with Gasteiger partial charge in [-0.05, 0) is 57.7 Å². The Morgan fingerprint density at radius 3 is 2.68 bits per heavy atom.